The average molecular weight is 491 g/mol. The molecule has 10 heteroatoms. The van der Waals surface area contributed by atoms with E-state index >= 15 is 0 Å². The maximum absolute atomic E-state index is 12.3. The molecule has 0 spiro atoms. The van der Waals surface area contributed by atoms with Crippen LogP contribution in [0.25, 0.3) is 5.69 Å². The van der Waals surface area contributed by atoms with Gasteiger partial charge < -0.3 is 26.0 Å². The van der Waals surface area contributed by atoms with E-state index in [4.69, 9.17) is 16.2 Å². The fraction of sp³-hybridized carbons (Fsp3) is 0.308. The number of likely N-dealkylation sites (N-methyl/N-ethyl adjacent to an activating group) is 1. The van der Waals surface area contributed by atoms with Crippen LogP contribution in [0.4, 0.5) is 11.4 Å². The van der Waals surface area contributed by atoms with Gasteiger partial charge in [0.1, 0.15) is 11.4 Å². The molecule has 1 unspecified atom stereocenters. The van der Waals surface area contributed by atoms with Crippen LogP contribution in [0, 0.1) is 0 Å². The number of aldehydes is 1. The van der Waals surface area contributed by atoms with E-state index in [-0.39, 0.29) is 23.3 Å². The monoisotopic (exact) mass is 490 g/mol. The summed E-state index contributed by atoms with van der Waals surface area (Å²) in [5.74, 6) is -0.00263. The first kappa shape index (κ1) is 24.9. The fourth-order valence-corrected chi connectivity index (χ4v) is 4.37. The topological polar surface area (TPSA) is 137 Å². The summed E-state index contributed by atoms with van der Waals surface area (Å²) in [5, 5.41) is 4.34. The van der Waals surface area contributed by atoms with Crippen LogP contribution in [0.15, 0.2) is 48.5 Å². The molecule has 0 bridgehead atoms. The third kappa shape index (κ3) is 5.08. The first-order valence-corrected chi connectivity index (χ1v) is 11.7. The number of benzene rings is 2. The Bertz CT molecular complexity index is 1250. The highest BCUT2D eigenvalue weighted by molar-refractivity contribution is 5.95. The van der Waals surface area contributed by atoms with Crippen LogP contribution in [-0.2, 0) is 11.2 Å². The maximum atomic E-state index is 12.3. The lowest BCUT2D eigenvalue weighted by Crippen LogP contribution is -2.43. The molecule has 10 nitrogen and oxygen atoms in total. The lowest BCUT2D eigenvalue weighted by molar-refractivity contribution is -0.119. The molecule has 0 radical (unpaired) electrons. The van der Waals surface area contributed by atoms with Gasteiger partial charge in [-0.1, -0.05) is 0 Å². The SMILES string of the molecule is COc1ccc(-n2nc(C(N)=O)c(CCN(C)c3ccc(N4CCC(N)CC4=O)cc3)c2C=O)cc1. The van der Waals surface area contributed by atoms with Crippen LogP contribution in [0.5, 0.6) is 5.75 Å². The molecule has 2 amide bonds. The van der Waals surface area contributed by atoms with E-state index in [0.717, 1.165) is 17.8 Å². The van der Waals surface area contributed by atoms with Gasteiger partial charge in [0.15, 0.2) is 12.0 Å². The standard InChI is InChI=1S/C26H30N6O4/c1-30(18-3-5-19(6-4-18)31-14-11-17(27)15-24(31)34)13-12-22-23(16-33)32(29-25(22)26(28)35)20-7-9-21(36-2)10-8-20/h3-10,16-17H,11-15,27H2,1-2H3,(H2,28,35). The second-order valence-electron chi connectivity index (χ2n) is 8.79. The number of anilines is 2. The van der Waals surface area contributed by atoms with Crippen molar-refractivity contribution in [1.29, 1.82) is 0 Å². The predicted octanol–water partition coefficient (Wildman–Crippen LogP) is 1.93. The molecular formula is C26H30N6O4. The summed E-state index contributed by atoms with van der Waals surface area (Å²) in [6.07, 6.45) is 2.20. The maximum Gasteiger partial charge on any atom is 0.269 e. The molecule has 2 aromatic carbocycles. The van der Waals surface area contributed by atoms with Crippen molar-refractivity contribution in [3.63, 3.8) is 0 Å². The first-order chi connectivity index (χ1) is 17.3. The summed E-state index contributed by atoms with van der Waals surface area (Å²) in [5.41, 5.74) is 14.7. The van der Waals surface area contributed by atoms with Gasteiger partial charge in [0.2, 0.25) is 5.91 Å². The Kier molecular flexibility index (Phi) is 7.35. The normalized spacial score (nSPS) is 15.6. The Balaban J connectivity index is 1.52. The molecule has 0 aliphatic carbocycles. The van der Waals surface area contributed by atoms with Gasteiger partial charge in [-0.05, 0) is 61.4 Å². The van der Waals surface area contributed by atoms with Gasteiger partial charge in [0.25, 0.3) is 5.91 Å². The van der Waals surface area contributed by atoms with Crippen molar-refractivity contribution < 1.29 is 19.1 Å². The number of primary amides is 1. The van der Waals surface area contributed by atoms with E-state index in [0.29, 0.717) is 49.2 Å². The van der Waals surface area contributed by atoms with Crippen LogP contribution >= 0.6 is 0 Å². The Labute approximate surface area is 209 Å². The second-order valence-corrected chi connectivity index (χ2v) is 8.79. The zero-order chi connectivity index (χ0) is 25.8. The second kappa shape index (κ2) is 10.6. The van der Waals surface area contributed by atoms with Gasteiger partial charge in [0.05, 0.1) is 12.8 Å². The largest absolute Gasteiger partial charge is 0.497 e. The molecule has 2 heterocycles. The number of carbonyl (C=O) groups is 3. The fourth-order valence-electron chi connectivity index (χ4n) is 4.37. The Hall–Kier alpha value is -4.18. The van der Waals surface area contributed by atoms with Crippen molar-refractivity contribution in [1.82, 2.24) is 9.78 Å². The van der Waals surface area contributed by atoms with E-state index in [1.807, 2.05) is 36.2 Å². The van der Waals surface area contributed by atoms with Crippen LogP contribution in [0.3, 0.4) is 0 Å². The van der Waals surface area contributed by atoms with Crippen LogP contribution < -0.4 is 26.0 Å². The summed E-state index contributed by atoms with van der Waals surface area (Å²) in [6.45, 7) is 1.12. The highest BCUT2D eigenvalue weighted by Gasteiger charge is 2.25. The Morgan fingerprint density at radius 1 is 1.17 bits per heavy atom. The number of rotatable bonds is 9. The number of hydrogen-bond acceptors (Lipinski definition) is 7. The smallest absolute Gasteiger partial charge is 0.269 e. The van der Waals surface area contributed by atoms with Crippen molar-refractivity contribution >= 4 is 29.5 Å². The highest BCUT2D eigenvalue weighted by Crippen LogP contribution is 2.25. The highest BCUT2D eigenvalue weighted by atomic mass is 16.5. The van der Waals surface area contributed by atoms with Crippen molar-refractivity contribution in [3.05, 3.63) is 65.5 Å². The minimum absolute atomic E-state index is 0.0316. The summed E-state index contributed by atoms with van der Waals surface area (Å²) >= 11 is 0. The molecule has 0 saturated carbocycles. The summed E-state index contributed by atoms with van der Waals surface area (Å²) in [7, 11) is 3.48. The van der Waals surface area contributed by atoms with E-state index in [9.17, 15) is 14.4 Å². The van der Waals surface area contributed by atoms with E-state index < -0.39 is 5.91 Å². The van der Waals surface area contributed by atoms with Crippen molar-refractivity contribution in [2.24, 2.45) is 11.5 Å². The third-order valence-corrected chi connectivity index (χ3v) is 6.45. The third-order valence-electron chi connectivity index (χ3n) is 6.45. The molecule has 1 aliphatic rings. The molecule has 1 fully saturated rings. The van der Waals surface area contributed by atoms with Gasteiger partial charge in [-0.25, -0.2) is 4.68 Å². The van der Waals surface area contributed by atoms with Gasteiger partial charge in [-0.2, -0.15) is 5.10 Å². The first-order valence-electron chi connectivity index (χ1n) is 11.7. The lowest BCUT2D eigenvalue weighted by atomic mass is 10.0. The quantitative estimate of drug-likeness (QED) is 0.437. The van der Waals surface area contributed by atoms with Gasteiger partial charge in [-0.15, -0.1) is 0 Å². The molecule has 188 valence electrons. The lowest BCUT2D eigenvalue weighted by Gasteiger charge is -2.30. The zero-order valence-corrected chi connectivity index (χ0v) is 20.4. The minimum Gasteiger partial charge on any atom is -0.497 e. The van der Waals surface area contributed by atoms with Crippen molar-refractivity contribution in [2.75, 3.05) is 37.0 Å². The number of aromatic nitrogens is 2. The van der Waals surface area contributed by atoms with Crippen molar-refractivity contribution in [3.8, 4) is 11.4 Å². The van der Waals surface area contributed by atoms with Gasteiger partial charge in [0, 0.05) is 49.5 Å². The molecular weight excluding hydrogens is 460 g/mol. The van der Waals surface area contributed by atoms with E-state index in [1.165, 1.54) is 4.68 Å². The Morgan fingerprint density at radius 3 is 2.42 bits per heavy atom. The van der Waals surface area contributed by atoms with E-state index in [1.54, 1.807) is 36.3 Å². The molecule has 36 heavy (non-hydrogen) atoms. The molecule has 3 aromatic rings. The molecule has 1 aliphatic heterocycles. The molecule has 4 N–H and O–H groups in total. The summed E-state index contributed by atoms with van der Waals surface area (Å²) in [6, 6.07) is 14.6. The zero-order valence-electron chi connectivity index (χ0n) is 20.4. The summed E-state index contributed by atoms with van der Waals surface area (Å²) < 4.78 is 6.61. The number of methoxy groups -OCH3 is 1. The molecule has 1 aromatic heterocycles. The molecule has 4 rings (SSSR count). The number of amides is 2. The number of nitrogens with two attached hydrogens (primary N) is 2. The number of ether oxygens (including phenoxy) is 1. The van der Waals surface area contributed by atoms with Crippen LogP contribution in [0.2, 0.25) is 0 Å². The van der Waals surface area contributed by atoms with Gasteiger partial charge in [-0.3, -0.25) is 14.4 Å². The number of hydrogen-bond donors (Lipinski definition) is 2. The van der Waals surface area contributed by atoms with E-state index in [2.05, 4.69) is 5.10 Å². The predicted molar refractivity (Wildman–Crippen MR) is 137 cm³/mol. The van der Waals surface area contributed by atoms with Crippen LogP contribution in [-0.4, -0.2) is 61.2 Å². The minimum atomic E-state index is -0.696. The number of piperidine rings is 1. The molecule has 1 atom stereocenters. The number of nitrogens with zero attached hydrogens (tertiary/aromatic N) is 4. The summed E-state index contributed by atoms with van der Waals surface area (Å²) in [4.78, 5) is 40.3. The van der Waals surface area contributed by atoms with Crippen LogP contribution in [0.1, 0.15) is 39.4 Å². The van der Waals surface area contributed by atoms with Crippen molar-refractivity contribution in [2.45, 2.75) is 25.3 Å². The average Bonchev–Trinajstić information content (AvgIpc) is 3.26. The number of carbonyl (C=O) groups excluding carboxylic acids is 3. The van der Waals surface area contributed by atoms with Gasteiger partial charge >= 0.3 is 0 Å². The molecule has 1 saturated heterocycles. The Morgan fingerprint density at radius 2 is 1.83 bits per heavy atom.